The predicted octanol–water partition coefficient (Wildman–Crippen LogP) is 4.06. The van der Waals surface area contributed by atoms with Gasteiger partial charge in [0.15, 0.2) is 28.8 Å². The highest BCUT2D eigenvalue weighted by Gasteiger charge is 2.27. The van der Waals surface area contributed by atoms with Crippen LogP contribution in [0.5, 0.6) is 34.5 Å². The van der Waals surface area contributed by atoms with Crippen molar-refractivity contribution in [1.82, 2.24) is 0 Å². The molecule has 4 rings (SSSR count). The maximum atomic E-state index is 14.0. The summed E-state index contributed by atoms with van der Waals surface area (Å²) in [6, 6.07) is 14.0. The highest BCUT2D eigenvalue weighted by Crippen LogP contribution is 2.40. The van der Waals surface area contributed by atoms with Crippen LogP contribution >= 0.6 is 0 Å². The Balaban J connectivity index is 1.82. The van der Waals surface area contributed by atoms with Gasteiger partial charge in [-0.1, -0.05) is 6.07 Å². The van der Waals surface area contributed by atoms with E-state index in [4.69, 9.17) is 33.0 Å². The molecule has 3 aromatic carbocycles. The van der Waals surface area contributed by atoms with Gasteiger partial charge in [0.05, 0.1) is 39.3 Å². The SMILES string of the molecule is COc1ccc(C(=O)C(Cc2cc(OC)c(OC)c(OCCCS(=O)(=O)O)c2)=C(C(=O)O)c2ccc3c(c2)OCO3)cc1. The van der Waals surface area contributed by atoms with E-state index in [1.165, 1.54) is 33.5 Å². The second-order valence-electron chi connectivity index (χ2n) is 9.28. The lowest BCUT2D eigenvalue weighted by atomic mass is 9.89. The fourth-order valence-corrected chi connectivity index (χ4v) is 4.98. The zero-order chi connectivity index (χ0) is 31.1. The highest BCUT2D eigenvalue weighted by molar-refractivity contribution is 7.85. The number of fused-ring (bicyclic) bond motifs is 1. The molecule has 0 aliphatic carbocycles. The monoisotopic (exact) mass is 614 g/mol. The molecular weight excluding hydrogens is 584 g/mol. The van der Waals surface area contributed by atoms with Crippen molar-refractivity contribution in [3.05, 3.63) is 76.9 Å². The molecule has 1 aliphatic heterocycles. The van der Waals surface area contributed by atoms with E-state index in [1.807, 2.05) is 0 Å². The summed E-state index contributed by atoms with van der Waals surface area (Å²) in [5, 5.41) is 10.4. The summed E-state index contributed by atoms with van der Waals surface area (Å²) in [6.45, 7) is -0.102. The van der Waals surface area contributed by atoms with E-state index in [1.54, 1.807) is 42.5 Å². The van der Waals surface area contributed by atoms with Crippen LogP contribution in [0.4, 0.5) is 0 Å². The van der Waals surface area contributed by atoms with Crippen LogP contribution < -0.4 is 28.4 Å². The molecule has 0 fully saturated rings. The van der Waals surface area contributed by atoms with Crippen molar-refractivity contribution in [2.75, 3.05) is 40.5 Å². The molecule has 13 heteroatoms. The molecular formula is C30H30O12S. The number of methoxy groups -OCH3 is 3. The number of benzene rings is 3. The number of rotatable bonds is 14. The second-order valence-corrected chi connectivity index (χ2v) is 10.9. The van der Waals surface area contributed by atoms with E-state index in [0.29, 0.717) is 22.8 Å². The molecule has 0 radical (unpaired) electrons. The third-order valence-corrected chi connectivity index (χ3v) is 7.30. The number of carbonyl (C=O) groups is 2. The Labute approximate surface area is 248 Å². The number of ketones is 1. The normalized spacial score (nSPS) is 12.7. The molecule has 0 unspecified atom stereocenters. The van der Waals surface area contributed by atoms with Crippen LogP contribution in [0.1, 0.15) is 27.9 Å². The Hall–Kier alpha value is -4.75. The molecule has 228 valence electrons. The fourth-order valence-electron chi connectivity index (χ4n) is 4.50. The molecule has 0 aromatic heterocycles. The van der Waals surface area contributed by atoms with E-state index < -0.39 is 27.6 Å². The molecule has 0 saturated carbocycles. The molecule has 0 saturated heterocycles. The van der Waals surface area contributed by atoms with Crippen LogP contribution in [0.15, 0.2) is 60.2 Å². The van der Waals surface area contributed by atoms with Crippen molar-refractivity contribution in [2.45, 2.75) is 12.8 Å². The van der Waals surface area contributed by atoms with Gasteiger partial charge in [-0.25, -0.2) is 4.79 Å². The number of carboxylic acid groups (broad SMARTS) is 1. The first-order valence-electron chi connectivity index (χ1n) is 12.9. The van der Waals surface area contributed by atoms with Crippen molar-refractivity contribution >= 4 is 27.4 Å². The van der Waals surface area contributed by atoms with E-state index >= 15 is 0 Å². The van der Waals surface area contributed by atoms with Gasteiger partial charge in [-0.15, -0.1) is 0 Å². The zero-order valence-corrected chi connectivity index (χ0v) is 24.4. The van der Waals surface area contributed by atoms with Gasteiger partial charge in [0.1, 0.15) is 5.75 Å². The Bertz CT molecular complexity index is 1640. The quantitative estimate of drug-likeness (QED) is 0.116. The topological polar surface area (TPSA) is 164 Å². The first-order chi connectivity index (χ1) is 20.5. The fraction of sp³-hybridized carbons (Fsp3) is 0.267. The van der Waals surface area contributed by atoms with Crippen LogP contribution in [-0.2, 0) is 21.3 Å². The molecule has 0 atom stereocenters. The second kappa shape index (κ2) is 13.5. The molecule has 1 aliphatic rings. The summed E-state index contributed by atoms with van der Waals surface area (Å²) in [6.07, 6.45) is -0.175. The third kappa shape index (κ3) is 7.56. The van der Waals surface area contributed by atoms with Gasteiger partial charge in [0.2, 0.25) is 12.5 Å². The lowest BCUT2D eigenvalue weighted by molar-refractivity contribution is -0.130. The predicted molar refractivity (Wildman–Crippen MR) is 154 cm³/mol. The molecule has 0 bridgehead atoms. The van der Waals surface area contributed by atoms with Crippen molar-refractivity contribution in [1.29, 1.82) is 0 Å². The lowest BCUT2D eigenvalue weighted by Crippen LogP contribution is -2.14. The van der Waals surface area contributed by atoms with Crippen LogP contribution in [0.2, 0.25) is 0 Å². The van der Waals surface area contributed by atoms with Crippen molar-refractivity contribution in [2.24, 2.45) is 0 Å². The van der Waals surface area contributed by atoms with E-state index in [0.717, 1.165) is 0 Å². The van der Waals surface area contributed by atoms with Gasteiger partial charge in [0.25, 0.3) is 10.1 Å². The maximum absolute atomic E-state index is 14.0. The summed E-state index contributed by atoms with van der Waals surface area (Å²) in [5.74, 6) is -0.449. The smallest absolute Gasteiger partial charge is 0.336 e. The minimum atomic E-state index is -4.18. The van der Waals surface area contributed by atoms with E-state index in [-0.39, 0.29) is 65.8 Å². The van der Waals surface area contributed by atoms with E-state index in [2.05, 4.69) is 0 Å². The Morgan fingerprint density at radius 1 is 0.860 bits per heavy atom. The van der Waals surface area contributed by atoms with Crippen molar-refractivity contribution in [3.8, 4) is 34.5 Å². The summed E-state index contributed by atoms with van der Waals surface area (Å²) in [7, 11) is 0.104. The minimum absolute atomic E-state index is 0.0110. The van der Waals surface area contributed by atoms with Crippen LogP contribution in [0, 0.1) is 0 Å². The van der Waals surface area contributed by atoms with Crippen LogP contribution in [0.25, 0.3) is 5.57 Å². The standard InChI is InChI=1S/C30H30O12S/c1-37-21-8-5-19(6-9-21)28(31)22(27(30(32)33)20-7-10-23-24(16-20)42-17-41-23)13-18-14-25(38-2)29(39-3)26(15-18)40-11-4-12-43(34,35)36/h5-10,14-16H,4,11-13,17H2,1-3H3,(H,32,33)(H,34,35,36). The Morgan fingerprint density at radius 2 is 1.53 bits per heavy atom. The van der Waals surface area contributed by atoms with Gasteiger partial charge < -0.3 is 33.5 Å². The first kappa shape index (κ1) is 31.2. The summed E-state index contributed by atoms with van der Waals surface area (Å²) in [5.41, 5.74) is 0.623. The van der Waals surface area contributed by atoms with Crippen molar-refractivity contribution < 1.29 is 56.1 Å². The molecule has 0 amide bonds. The largest absolute Gasteiger partial charge is 0.497 e. The number of Topliss-reactive ketones (excluding diaryl/α,β-unsaturated/α-hetero) is 1. The number of hydrogen-bond acceptors (Lipinski definition) is 10. The summed E-state index contributed by atoms with van der Waals surface area (Å²) < 4.78 is 63.9. The lowest BCUT2D eigenvalue weighted by Gasteiger charge is -2.18. The molecule has 0 spiro atoms. The van der Waals surface area contributed by atoms with Gasteiger partial charge in [-0.05, 0) is 66.1 Å². The Morgan fingerprint density at radius 3 is 2.16 bits per heavy atom. The highest BCUT2D eigenvalue weighted by atomic mass is 32.2. The molecule has 12 nitrogen and oxygen atoms in total. The number of carboxylic acids is 1. The average Bonchev–Trinajstić information content (AvgIpc) is 3.46. The van der Waals surface area contributed by atoms with Crippen LogP contribution in [-0.4, -0.2) is 70.3 Å². The van der Waals surface area contributed by atoms with Crippen LogP contribution in [0.3, 0.4) is 0 Å². The van der Waals surface area contributed by atoms with Gasteiger partial charge >= 0.3 is 5.97 Å². The van der Waals surface area contributed by atoms with E-state index in [9.17, 15) is 23.1 Å². The molecule has 1 heterocycles. The van der Waals surface area contributed by atoms with Crippen molar-refractivity contribution in [3.63, 3.8) is 0 Å². The number of aliphatic carboxylic acids is 1. The number of ether oxygens (including phenoxy) is 6. The summed E-state index contributed by atoms with van der Waals surface area (Å²) in [4.78, 5) is 26.8. The maximum Gasteiger partial charge on any atom is 0.336 e. The minimum Gasteiger partial charge on any atom is -0.497 e. The number of carbonyl (C=O) groups excluding carboxylic acids is 1. The zero-order valence-electron chi connectivity index (χ0n) is 23.6. The summed E-state index contributed by atoms with van der Waals surface area (Å²) >= 11 is 0. The molecule has 3 aromatic rings. The number of hydrogen-bond donors (Lipinski definition) is 2. The Kier molecular flexibility index (Phi) is 9.78. The molecule has 2 N–H and O–H groups in total. The molecule has 43 heavy (non-hydrogen) atoms. The third-order valence-electron chi connectivity index (χ3n) is 6.49. The van der Waals surface area contributed by atoms with Gasteiger partial charge in [-0.3, -0.25) is 9.35 Å². The average molecular weight is 615 g/mol. The van der Waals surface area contributed by atoms with Gasteiger partial charge in [0, 0.05) is 17.6 Å². The van der Waals surface area contributed by atoms with Gasteiger partial charge in [-0.2, -0.15) is 8.42 Å². The first-order valence-corrected chi connectivity index (χ1v) is 14.5. The number of allylic oxidation sites excluding steroid dienone is 1.